The number of aromatic nitrogens is 3. The quantitative estimate of drug-likeness (QED) is 0.797. The molecule has 1 amide bonds. The Morgan fingerprint density at radius 3 is 2.62 bits per heavy atom. The minimum atomic E-state index is 0.0375. The first kappa shape index (κ1) is 18.5. The molecule has 4 heterocycles. The van der Waals surface area contributed by atoms with Crippen LogP contribution in [0.5, 0.6) is 0 Å². The van der Waals surface area contributed by atoms with E-state index >= 15 is 0 Å². The van der Waals surface area contributed by atoms with E-state index in [-0.39, 0.29) is 5.91 Å². The summed E-state index contributed by atoms with van der Waals surface area (Å²) in [5.41, 5.74) is 3.66. The van der Waals surface area contributed by atoms with Crippen LogP contribution in [0.25, 0.3) is 0 Å². The van der Waals surface area contributed by atoms with Crippen LogP contribution in [0.15, 0.2) is 24.7 Å². The van der Waals surface area contributed by atoms with Crippen molar-refractivity contribution in [2.45, 2.75) is 45.2 Å². The summed E-state index contributed by atoms with van der Waals surface area (Å²) in [6.07, 6.45) is 8.31. The van der Waals surface area contributed by atoms with E-state index in [1.54, 1.807) is 12.5 Å². The third-order valence-corrected chi connectivity index (χ3v) is 6.71. The molecule has 0 unspecified atom stereocenters. The Kier molecular flexibility index (Phi) is 4.91. The van der Waals surface area contributed by atoms with Crippen LogP contribution in [0.3, 0.4) is 0 Å². The number of anilines is 1. The normalized spacial score (nSPS) is 20.3. The highest BCUT2D eigenvalue weighted by molar-refractivity contribution is 5.95. The predicted octanol–water partition coefficient (Wildman–Crippen LogP) is 2.05. The van der Waals surface area contributed by atoms with Crippen molar-refractivity contribution < 1.29 is 4.79 Å². The summed E-state index contributed by atoms with van der Waals surface area (Å²) in [5, 5.41) is 0. The molecule has 0 atom stereocenters. The van der Waals surface area contributed by atoms with Crippen LogP contribution in [-0.4, -0.2) is 69.4 Å². The van der Waals surface area contributed by atoms with Gasteiger partial charge in [-0.25, -0.2) is 9.97 Å². The smallest absolute Gasteiger partial charge is 0.256 e. The second-order valence-corrected chi connectivity index (χ2v) is 8.34. The third kappa shape index (κ3) is 3.48. The van der Waals surface area contributed by atoms with Gasteiger partial charge in [-0.2, -0.15) is 0 Å². The average Bonchev–Trinajstić information content (AvgIpc) is 2.72. The fourth-order valence-electron chi connectivity index (χ4n) is 4.71. The molecule has 7 heteroatoms. The first-order valence-electron chi connectivity index (χ1n) is 10.7. The number of hydrogen-bond donors (Lipinski definition) is 0. The van der Waals surface area contributed by atoms with E-state index in [1.165, 1.54) is 24.8 Å². The maximum Gasteiger partial charge on any atom is 0.256 e. The molecule has 0 aromatic carbocycles. The van der Waals surface area contributed by atoms with E-state index in [0.717, 1.165) is 55.8 Å². The second kappa shape index (κ2) is 7.71. The van der Waals surface area contributed by atoms with Gasteiger partial charge in [0.05, 0.1) is 17.8 Å². The summed E-state index contributed by atoms with van der Waals surface area (Å²) in [6, 6.07) is 4.49. The molecule has 1 saturated heterocycles. The molecular formula is C22H28N6O. The fourth-order valence-corrected chi connectivity index (χ4v) is 4.71. The molecule has 2 aliphatic heterocycles. The lowest BCUT2D eigenvalue weighted by atomic mass is 9.91. The lowest BCUT2D eigenvalue weighted by Gasteiger charge is -2.43. The Labute approximate surface area is 171 Å². The SMILES string of the molecule is Cc1ncccc1C(=O)N1CCc2c(ncnc2N2CCN(C3CCC3)CC2)C1. The van der Waals surface area contributed by atoms with Gasteiger partial charge in [0, 0.05) is 56.2 Å². The van der Waals surface area contributed by atoms with Gasteiger partial charge in [0.2, 0.25) is 0 Å². The number of aryl methyl sites for hydroxylation is 1. The summed E-state index contributed by atoms with van der Waals surface area (Å²) in [7, 11) is 0. The van der Waals surface area contributed by atoms with Gasteiger partial charge >= 0.3 is 0 Å². The molecule has 2 aromatic heterocycles. The lowest BCUT2D eigenvalue weighted by molar-refractivity contribution is 0.0730. The van der Waals surface area contributed by atoms with Crippen LogP contribution in [-0.2, 0) is 13.0 Å². The van der Waals surface area contributed by atoms with Crippen LogP contribution < -0.4 is 4.90 Å². The molecule has 2 fully saturated rings. The number of hydrogen-bond acceptors (Lipinski definition) is 6. The maximum atomic E-state index is 13.0. The number of amides is 1. The molecular weight excluding hydrogens is 364 g/mol. The highest BCUT2D eigenvalue weighted by Gasteiger charge is 2.31. The summed E-state index contributed by atoms with van der Waals surface area (Å²) in [5.74, 6) is 1.11. The molecule has 29 heavy (non-hydrogen) atoms. The van der Waals surface area contributed by atoms with Gasteiger partial charge in [-0.15, -0.1) is 0 Å². The van der Waals surface area contributed by atoms with E-state index in [4.69, 9.17) is 0 Å². The summed E-state index contributed by atoms with van der Waals surface area (Å²) in [6.45, 7) is 7.41. The van der Waals surface area contributed by atoms with Crippen LogP contribution in [0.1, 0.15) is 46.6 Å². The molecule has 152 valence electrons. The predicted molar refractivity (Wildman–Crippen MR) is 111 cm³/mol. The van der Waals surface area contributed by atoms with E-state index < -0.39 is 0 Å². The standard InChI is InChI=1S/C22H28N6O/c1-16-18(6-3-8-23-16)22(29)28-9-7-19-20(14-28)24-15-25-21(19)27-12-10-26(11-13-27)17-4-2-5-17/h3,6,8,15,17H,2,4-5,7,9-14H2,1H3. The molecule has 1 saturated carbocycles. The van der Waals surface area contributed by atoms with Crippen LogP contribution in [0.2, 0.25) is 0 Å². The number of nitrogens with zero attached hydrogens (tertiary/aromatic N) is 6. The number of carbonyl (C=O) groups excluding carboxylic acids is 1. The van der Waals surface area contributed by atoms with Gasteiger partial charge < -0.3 is 9.80 Å². The van der Waals surface area contributed by atoms with Crippen LogP contribution in [0.4, 0.5) is 5.82 Å². The number of piperazine rings is 1. The third-order valence-electron chi connectivity index (χ3n) is 6.71. The summed E-state index contributed by atoms with van der Waals surface area (Å²) in [4.78, 5) is 33.4. The zero-order valence-corrected chi connectivity index (χ0v) is 17.0. The van der Waals surface area contributed by atoms with Crippen molar-refractivity contribution in [1.82, 2.24) is 24.8 Å². The van der Waals surface area contributed by atoms with Crippen LogP contribution in [0, 0.1) is 6.92 Å². The molecule has 0 spiro atoms. The molecule has 0 bridgehead atoms. The lowest BCUT2D eigenvalue weighted by Crippen LogP contribution is -2.52. The van der Waals surface area contributed by atoms with Gasteiger partial charge in [0.15, 0.2) is 0 Å². The van der Waals surface area contributed by atoms with Crippen molar-refractivity contribution in [3.8, 4) is 0 Å². The van der Waals surface area contributed by atoms with E-state index in [0.29, 0.717) is 18.7 Å². The number of fused-ring (bicyclic) bond motifs is 1. The highest BCUT2D eigenvalue weighted by atomic mass is 16.2. The molecule has 3 aliphatic rings. The zero-order valence-electron chi connectivity index (χ0n) is 17.0. The Balaban J connectivity index is 1.30. The second-order valence-electron chi connectivity index (χ2n) is 8.34. The summed E-state index contributed by atoms with van der Waals surface area (Å²) < 4.78 is 0. The first-order valence-corrected chi connectivity index (χ1v) is 10.7. The van der Waals surface area contributed by atoms with E-state index in [2.05, 4.69) is 24.8 Å². The Morgan fingerprint density at radius 2 is 1.90 bits per heavy atom. The van der Waals surface area contributed by atoms with Gasteiger partial charge in [-0.1, -0.05) is 6.42 Å². The van der Waals surface area contributed by atoms with Crippen molar-refractivity contribution in [1.29, 1.82) is 0 Å². The molecule has 1 aliphatic carbocycles. The number of carbonyl (C=O) groups is 1. The first-order chi connectivity index (χ1) is 14.2. The highest BCUT2D eigenvalue weighted by Crippen LogP contribution is 2.29. The van der Waals surface area contributed by atoms with E-state index in [9.17, 15) is 4.79 Å². The van der Waals surface area contributed by atoms with E-state index in [1.807, 2.05) is 24.0 Å². The minimum absolute atomic E-state index is 0.0375. The average molecular weight is 393 g/mol. The molecule has 0 N–H and O–H groups in total. The van der Waals surface area contributed by atoms with Gasteiger partial charge in [-0.05, 0) is 38.3 Å². The Morgan fingerprint density at radius 1 is 1.07 bits per heavy atom. The largest absolute Gasteiger partial charge is 0.354 e. The topological polar surface area (TPSA) is 65.5 Å². The fraction of sp³-hybridized carbons (Fsp3) is 0.545. The zero-order chi connectivity index (χ0) is 19.8. The summed E-state index contributed by atoms with van der Waals surface area (Å²) >= 11 is 0. The molecule has 0 radical (unpaired) electrons. The molecule has 5 rings (SSSR count). The minimum Gasteiger partial charge on any atom is -0.354 e. The number of rotatable bonds is 3. The Hall–Kier alpha value is -2.54. The van der Waals surface area contributed by atoms with Crippen molar-refractivity contribution in [2.24, 2.45) is 0 Å². The van der Waals surface area contributed by atoms with Crippen molar-refractivity contribution in [3.05, 3.63) is 47.2 Å². The van der Waals surface area contributed by atoms with Gasteiger partial charge in [0.1, 0.15) is 12.1 Å². The van der Waals surface area contributed by atoms with Crippen molar-refractivity contribution in [3.63, 3.8) is 0 Å². The van der Waals surface area contributed by atoms with Crippen molar-refractivity contribution >= 4 is 11.7 Å². The van der Waals surface area contributed by atoms with Gasteiger partial charge in [-0.3, -0.25) is 14.7 Å². The molecule has 2 aromatic rings. The van der Waals surface area contributed by atoms with Crippen molar-refractivity contribution in [2.75, 3.05) is 37.6 Å². The van der Waals surface area contributed by atoms with Crippen LogP contribution >= 0.6 is 0 Å². The van der Waals surface area contributed by atoms with Gasteiger partial charge in [0.25, 0.3) is 5.91 Å². The maximum absolute atomic E-state index is 13.0. The Bertz CT molecular complexity index is 904. The molecule has 7 nitrogen and oxygen atoms in total. The number of pyridine rings is 1. The monoisotopic (exact) mass is 392 g/mol.